The predicted molar refractivity (Wildman–Crippen MR) is 99.3 cm³/mol. The quantitative estimate of drug-likeness (QED) is 0.434. The van der Waals surface area contributed by atoms with E-state index in [1.165, 1.54) is 18.6 Å². The van der Waals surface area contributed by atoms with Gasteiger partial charge >= 0.3 is 5.97 Å². The Balaban J connectivity index is 1.72. The molecule has 0 spiro atoms. The molecule has 1 N–H and O–H groups in total. The van der Waals surface area contributed by atoms with Gasteiger partial charge < -0.3 is 9.72 Å². The van der Waals surface area contributed by atoms with Crippen molar-refractivity contribution in [3.8, 4) is 0 Å². The van der Waals surface area contributed by atoms with Crippen LogP contribution in [0.2, 0.25) is 0 Å². The second kappa shape index (κ2) is 7.21. The highest BCUT2D eigenvalue weighted by atomic mass is 16.5. The van der Waals surface area contributed by atoms with Crippen LogP contribution in [-0.2, 0) is 4.74 Å². The third kappa shape index (κ3) is 3.32. The maximum Gasteiger partial charge on any atom is 0.359 e. The number of nitrogens with zero attached hydrogens (tertiary/aromatic N) is 2. The van der Waals surface area contributed by atoms with Crippen LogP contribution >= 0.6 is 0 Å². The first-order chi connectivity index (χ1) is 13.2. The van der Waals surface area contributed by atoms with E-state index < -0.39 is 12.1 Å². The number of hydrogen-bond donors (Lipinski definition) is 1. The summed E-state index contributed by atoms with van der Waals surface area (Å²) in [6.07, 6.45) is 4.72. The molecular formula is C21H15N3O3. The monoisotopic (exact) mass is 357 g/mol. The molecule has 4 rings (SSSR count). The van der Waals surface area contributed by atoms with Gasteiger partial charge in [-0.05, 0) is 6.07 Å². The van der Waals surface area contributed by atoms with E-state index in [-0.39, 0.29) is 11.5 Å². The van der Waals surface area contributed by atoms with Gasteiger partial charge in [0.25, 0.3) is 0 Å². The second-order valence-corrected chi connectivity index (χ2v) is 5.90. The Hall–Kier alpha value is -3.80. The lowest BCUT2D eigenvalue weighted by atomic mass is 9.99. The molecule has 0 bridgehead atoms. The minimum Gasteiger partial charge on any atom is -0.444 e. The number of esters is 1. The maximum absolute atomic E-state index is 13.3. The third-order valence-electron chi connectivity index (χ3n) is 4.19. The number of H-pyrrole nitrogens is 1. The van der Waals surface area contributed by atoms with Crippen LogP contribution in [0.4, 0.5) is 0 Å². The Kier molecular flexibility index (Phi) is 4.45. The molecule has 0 fully saturated rings. The van der Waals surface area contributed by atoms with Gasteiger partial charge in [-0.25, -0.2) is 9.78 Å². The molecule has 27 heavy (non-hydrogen) atoms. The van der Waals surface area contributed by atoms with Crippen molar-refractivity contribution in [1.29, 1.82) is 0 Å². The average molecular weight is 357 g/mol. The van der Waals surface area contributed by atoms with Crippen LogP contribution < -0.4 is 0 Å². The van der Waals surface area contributed by atoms with Crippen LogP contribution in [0.25, 0.3) is 10.9 Å². The van der Waals surface area contributed by atoms with Crippen molar-refractivity contribution in [3.05, 3.63) is 96.2 Å². The minimum atomic E-state index is -1.08. The molecule has 6 heteroatoms. The van der Waals surface area contributed by atoms with Gasteiger partial charge in [-0.1, -0.05) is 48.5 Å². The summed E-state index contributed by atoms with van der Waals surface area (Å²) in [6.45, 7) is 0. The third-order valence-corrected chi connectivity index (χ3v) is 4.19. The van der Waals surface area contributed by atoms with Gasteiger partial charge in [0.2, 0.25) is 5.78 Å². The molecule has 0 aliphatic rings. The number of para-hydroxylation sites is 1. The van der Waals surface area contributed by atoms with Gasteiger partial charge in [0.05, 0.1) is 6.20 Å². The summed E-state index contributed by atoms with van der Waals surface area (Å²) in [7, 11) is 0. The number of ketones is 1. The summed E-state index contributed by atoms with van der Waals surface area (Å²) in [5, 5.41) is 0.777. The predicted octanol–water partition coefficient (Wildman–Crippen LogP) is 3.74. The lowest BCUT2D eigenvalue weighted by molar-refractivity contribution is 0.0274. The Morgan fingerprint density at radius 1 is 0.963 bits per heavy atom. The molecule has 0 saturated carbocycles. The Bertz CT molecular complexity index is 1090. The summed E-state index contributed by atoms with van der Waals surface area (Å²) in [5.41, 5.74) is 1.94. The Labute approximate surface area is 154 Å². The Morgan fingerprint density at radius 2 is 1.74 bits per heavy atom. The highest BCUT2D eigenvalue weighted by Gasteiger charge is 2.28. The minimum absolute atomic E-state index is 0.0464. The number of carbonyl (C=O) groups is 2. The van der Waals surface area contributed by atoms with Gasteiger partial charge in [-0.3, -0.25) is 9.78 Å². The van der Waals surface area contributed by atoms with E-state index in [0.29, 0.717) is 11.1 Å². The van der Waals surface area contributed by atoms with Gasteiger partial charge in [0, 0.05) is 40.6 Å². The van der Waals surface area contributed by atoms with E-state index >= 15 is 0 Å². The molecule has 0 aliphatic carbocycles. The van der Waals surface area contributed by atoms with Crippen molar-refractivity contribution < 1.29 is 14.3 Å². The van der Waals surface area contributed by atoms with Crippen LogP contribution in [0.1, 0.15) is 32.5 Å². The zero-order valence-corrected chi connectivity index (χ0v) is 14.2. The van der Waals surface area contributed by atoms with E-state index in [4.69, 9.17) is 4.74 Å². The number of benzene rings is 2. The number of rotatable bonds is 5. The fraction of sp³-hybridized carbons (Fsp3) is 0.0476. The van der Waals surface area contributed by atoms with Crippen molar-refractivity contribution in [2.45, 2.75) is 6.10 Å². The number of Topliss-reactive ketones (excluding diaryl/α,β-unsaturated/α-hetero) is 1. The van der Waals surface area contributed by atoms with Crippen molar-refractivity contribution in [2.24, 2.45) is 0 Å². The first-order valence-corrected chi connectivity index (χ1v) is 8.36. The maximum atomic E-state index is 13.3. The van der Waals surface area contributed by atoms with Crippen molar-refractivity contribution >= 4 is 22.7 Å². The largest absolute Gasteiger partial charge is 0.444 e. The van der Waals surface area contributed by atoms with Crippen molar-refractivity contribution in [2.75, 3.05) is 0 Å². The lowest BCUT2D eigenvalue weighted by Crippen LogP contribution is -2.21. The molecule has 132 valence electrons. The van der Waals surface area contributed by atoms with Crippen LogP contribution in [0.15, 0.2) is 79.4 Å². The second-order valence-electron chi connectivity index (χ2n) is 5.90. The number of aromatic nitrogens is 3. The molecule has 0 saturated heterocycles. The fourth-order valence-corrected chi connectivity index (χ4v) is 2.89. The zero-order valence-electron chi connectivity index (χ0n) is 14.2. The van der Waals surface area contributed by atoms with Gasteiger partial charge in [-0.15, -0.1) is 0 Å². The number of aromatic amines is 1. The van der Waals surface area contributed by atoms with Crippen LogP contribution in [0, 0.1) is 0 Å². The van der Waals surface area contributed by atoms with Gasteiger partial charge in [0.15, 0.2) is 11.8 Å². The number of hydrogen-bond acceptors (Lipinski definition) is 5. The Morgan fingerprint density at radius 3 is 2.52 bits per heavy atom. The van der Waals surface area contributed by atoms with E-state index in [9.17, 15) is 9.59 Å². The molecule has 1 atom stereocenters. The first kappa shape index (κ1) is 16.7. The van der Waals surface area contributed by atoms with E-state index in [1.807, 2.05) is 30.3 Å². The summed E-state index contributed by atoms with van der Waals surface area (Å²) in [5.74, 6) is -1.01. The molecule has 0 amide bonds. The zero-order chi connectivity index (χ0) is 18.6. The number of ether oxygens (including phenoxy) is 1. The summed E-state index contributed by atoms with van der Waals surface area (Å²) in [4.78, 5) is 36.6. The topological polar surface area (TPSA) is 84.9 Å². The van der Waals surface area contributed by atoms with Crippen molar-refractivity contribution in [1.82, 2.24) is 15.0 Å². The average Bonchev–Trinajstić information content (AvgIpc) is 3.17. The molecule has 2 heterocycles. The standard InChI is InChI=1S/C21H15N3O3/c25-19(16-12-24-17-9-5-4-8-15(16)17)20(14-6-2-1-3-7-14)27-21(26)18-13-22-10-11-23-18/h1-13,20,24H/t20-/m1/s1. The van der Waals surface area contributed by atoms with Crippen LogP contribution in [0.3, 0.4) is 0 Å². The highest BCUT2D eigenvalue weighted by molar-refractivity contribution is 6.10. The molecule has 6 nitrogen and oxygen atoms in total. The summed E-state index contributed by atoms with van der Waals surface area (Å²) in [6, 6.07) is 16.4. The van der Waals surface area contributed by atoms with Crippen molar-refractivity contribution in [3.63, 3.8) is 0 Å². The highest BCUT2D eigenvalue weighted by Crippen LogP contribution is 2.27. The molecular weight excluding hydrogens is 342 g/mol. The van der Waals surface area contributed by atoms with E-state index in [1.54, 1.807) is 30.5 Å². The molecule has 2 aromatic heterocycles. The lowest BCUT2D eigenvalue weighted by Gasteiger charge is -2.17. The molecule has 0 radical (unpaired) electrons. The first-order valence-electron chi connectivity index (χ1n) is 8.36. The number of fused-ring (bicyclic) bond motifs is 1. The van der Waals surface area contributed by atoms with Gasteiger partial charge in [0.1, 0.15) is 0 Å². The molecule has 4 aromatic rings. The van der Waals surface area contributed by atoms with Crippen LogP contribution in [-0.4, -0.2) is 26.7 Å². The summed E-state index contributed by atoms with van der Waals surface area (Å²) >= 11 is 0. The SMILES string of the molecule is O=C(O[C@@H](C(=O)c1c[nH]c2ccccc12)c1ccccc1)c1cnccn1. The van der Waals surface area contributed by atoms with E-state index in [0.717, 1.165) is 10.9 Å². The van der Waals surface area contributed by atoms with E-state index in [2.05, 4.69) is 15.0 Å². The summed E-state index contributed by atoms with van der Waals surface area (Å²) < 4.78 is 5.55. The number of nitrogens with one attached hydrogen (secondary N) is 1. The normalized spacial score (nSPS) is 11.9. The molecule has 0 aliphatic heterocycles. The fourth-order valence-electron chi connectivity index (χ4n) is 2.89. The number of carbonyl (C=O) groups excluding carboxylic acids is 2. The molecule has 2 aromatic carbocycles. The molecule has 0 unspecified atom stereocenters. The smallest absolute Gasteiger partial charge is 0.359 e. The van der Waals surface area contributed by atoms with Gasteiger partial charge in [-0.2, -0.15) is 0 Å². The van der Waals surface area contributed by atoms with Crippen LogP contribution in [0.5, 0.6) is 0 Å².